The SMILES string of the molecule is CC(C)OC(C)CC(C)(C)OC(=O)c1ccc(N(C)C)cc1. The monoisotopic (exact) mass is 307 g/mol. The molecule has 0 aliphatic heterocycles. The van der Waals surface area contributed by atoms with E-state index in [1.807, 2.05) is 65.7 Å². The van der Waals surface area contributed by atoms with Gasteiger partial charge >= 0.3 is 5.97 Å². The van der Waals surface area contributed by atoms with Crippen molar-refractivity contribution >= 4 is 11.7 Å². The summed E-state index contributed by atoms with van der Waals surface area (Å²) in [6.45, 7) is 9.84. The Labute approximate surface area is 134 Å². The summed E-state index contributed by atoms with van der Waals surface area (Å²) in [7, 11) is 3.93. The summed E-state index contributed by atoms with van der Waals surface area (Å²) in [6.07, 6.45) is 0.867. The smallest absolute Gasteiger partial charge is 0.338 e. The van der Waals surface area contributed by atoms with Gasteiger partial charge in [-0.15, -0.1) is 0 Å². The molecule has 1 atom stereocenters. The van der Waals surface area contributed by atoms with Crippen molar-refractivity contribution in [3.05, 3.63) is 29.8 Å². The number of carbonyl (C=O) groups excluding carboxylic acids is 1. The third-order valence-corrected chi connectivity index (χ3v) is 3.27. The van der Waals surface area contributed by atoms with Crippen molar-refractivity contribution in [3.63, 3.8) is 0 Å². The van der Waals surface area contributed by atoms with E-state index in [9.17, 15) is 4.79 Å². The van der Waals surface area contributed by atoms with E-state index in [1.165, 1.54) is 0 Å². The third kappa shape index (κ3) is 6.06. The van der Waals surface area contributed by atoms with Gasteiger partial charge in [0, 0.05) is 26.2 Å². The lowest BCUT2D eigenvalue weighted by Crippen LogP contribution is -2.33. The number of benzene rings is 1. The predicted molar refractivity (Wildman–Crippen MR) is 90.6 cm³/mol. The summed E-state index contributed by atoms with van der Waals surface area (Å²) in [5.74, 6) is -0.299. The number of hydrogen-bond donors (Lipinski definition) is 0. The van der Waals surface area contributed by atoms with Crippen LogP contribution in [0.4, 0.5) is 5.69 Å². The zero-order valence-corrected chi connectivity index (χ0v) is 14.8. The molecule has 1 aromatic rings. The zero-order valence-electron chi connectivity index (χ0n) is 14.8. The molecule has 22 heavy (non-hydrogen) atoms. The highest BCUT2D eigenvalue weighted by Gasteiger charge is 2.27. The van der Waals surface area contributed by atoms with Crippen LogP contribution in [0.5, 0.6) is 0 Å². The minimum absolute atomic E-state index is 0.0407. The van der Waals surface area contributed by atoms with Crippen LogP contribution in [0.15, 0.2) is 24.3 Å². The standard InChI is InChI=1S/C18H29NO3/c1-13(2)21-14(3)12-18(4,5)22-17(20)15-8-10-16(11-9-15)19(6)7/h8-11,13-14H,12H2,1-7H3. The van der Waals surface area contributed by atoms with Crippen LogP contribution < -0.4 is 4.90 Å². The van der Waals surface area contributed by atoms with Crippen LogP contribution in [0.1, 0.15) is 51.4 Å². The molecule has 4 nitrogen and oxygen atoms in total. The average Bonchev–Trinajstić information content (AvgIpc) is 2.36. The lowest BCUT2D eigenvalue weighted by Gasteiger charge is -2.29. The summed E-state index contributed by atoms with van der Waals surface area (Å²) in [4.78, 5) is 14.3. The first-order valence-corrected chi connectivity index (χ1v) is 7.77. The fourth-order valence-electron chi connectivity index (χ4n) is 2.45. The highest BCUT2D eigenvalue weighted by molar-refractivity contribution is 5.90. The second-order valence-corrected chi connectivity index (χ2v) is 6.79. The van der Waals surface area contributed by atoms with Crippen molar-refractivity contribution in [2.45, 2.75) is 58.8 Å². The molecule has 4 heteroatoms. The van der Waals surface area contributed by atoms with E-state index in [0.29, 0.717) is 12.0 Å². The van der Waals surface area contributed by atoms with Crippen LogP contribution in [0.2, 0.25) is 0 Å². The molecule has 1 unspecified atom stereocenters. The van der Waals surface area contributed by atoms with Crippen LogP contribution in [-0.2, 0) is 9.47 Å². The van der Waals surface area contributed by atoms with Crippen molar-refractivity contribution < 1.29 is 14.3 Å². The zero-order chi connectivity index (χ0) is 16.9. The van der Waals surface area contributed by atoms with E-state index < -0.39 is 5.60 Å². The summed E-state index contributed by atoms with van der Waals surface area (Å²) in [5, 5.41) is 0. The van der Waals surface area contributed by atoms with Crippen molar-refractivity contribution in [2.24, 2.45) is 0 Å². The van der Waals surface area contributed by atoms with Crippen LogP contribution in [0.3, 0.4) is 0 Å². The molecule has 0 heterocycles. The van der Waals surface area contributed by atoms with E-state index in [2.05, 4.69) is 0 Å². The number of rotatable bonds is 7. The van der Waals surface area contributed by atoms with Gasteiger partial charge in [0.2, 0.25) is 0 Å². The number of nitrogens with zero attached hydrogens (tertiary/aromatic N) is 1. The molecule has 124 valence electrons. The van der Waals surface area contributed by atoms with Gasteiger partial charge in [-0.25, -0.2) is 4.79 Å². The third-order valence-electron chi connectivity index (χ3n) is 3.27. The fourth-order valence-corrected chi connectivity index (χ4v) is 2.45. The first-order chi connectivity index (χ1) is 10.1. The van der Waals surface area contributed by atoms with Crippen molar-refractivity contribution in [1.82, 2.24) is 0 Å². The van der Waals surface area contributed by atoms with E-state index in [-0.39, 0.29) is 18.2 Å². The van der Waals surface area contributed by atoms with Gasteiger partial charge in [-0.1, -0.05) is 0 Å². The number of hydrogen-bond acceptors (Lipinski definition) is 4. The first-order valence-electron chi connectivity index (χ1n) is 7.77. The van der Waals surface area contributed by atoms with Crippen molar-refractivity contribution in [1.29, 1.82) is 0 Å². The maximum atomic E-state index is 12.3. The second kappa shape index (κ2) is 7.63. The summed E-state index contributed by atoms with van der Waals surface area (Å²) in [5.41, 5.74) is 1.05. The highest BCUT2D eigenvalue weighted by atomic mass is 16.6. The van der Waals surface area contributed by atoms with Gasteiger partial charge in [0.25, 0.3) is 0 Å². The van der Waals surface area contributed by atoms with Gasteiger partial charge in [0.15, 0.2) is 0 Å². The molecular weight excluding hydrogens is 278 g/mol. The molecule has 0 saturated heterocycles. The average molecular weight is 307 g/mol. The van der Waals surface area contributed by atoms with Crippen LogP contribution >= 0.6 is 0 Å². The number of carbonyl (C=O) groups is 1. The lowest BCUT2D eigenvalue weighted by atomic mass is 10.0. The Morgan fingerprint density at radius 3 is 2.14 bits per heavy atom. The number of ether oxygens (including phenoxy) is 2. The molecule has 1 aromatic carbocycles. The van der Waals surface area contributed by atoms with Crippen LogP contribution in [0.25, 0.3) is 0 Å². The molecule has 0 fully saturated rings. The van der Waals surface area contributed by atoms with Gasteiger partial charge in [0.05, 0.1) is 17.8 Å². The molecule has 0 aromatic heterocycles. The van der Waals surface area contributed by atoms with Gasteiger partial charge in [-0.2, -0.15) is 0 Å². The van der Waals surface area contributed by atoms with Gasteiger partial charge < -0.3 is 14.4 Å². The Kier molecular flexibility index (Phi) is 6.42. The Morgan fingerprint density at radius 1 is 1.14 bits per heavy atom. The number of anilines is 1. The molecule has 0 spiro atoms. The van der Waals surface area contributed by atoms with E-state index in [0.717, 1.165) is 5.69 Å². The normalized spacial score (nSPS) is 13.1. The quantitative estimate of drug-likeness (QED) is 0.716. The Hall–Kier alpha value is -1.55. The van der Waals surface area contributed by atoms with Crippen LogP contribution in [-0.4, -0.2) is 37.9 Å². The molecule has 0 radical (unpaired) electrons. The Morgan fingerprint density at radius 2 is 1.68 bits per heavy atom. The largest absolute Gasteiger partial charge is 0.456 e. The predicted octanol–water partition coefficient (Wildman–Crippen LogP) is 3.89. The highest BCUT2D eigenvalue weighted by Crippen LogP contribution is 2.22. The molecule has 0 bridgehead atoms. The Balaban J connectivity index is 2.65. The fraction of sp³-hybridized carbons (Fsp3) is 0.611. The second-order valence-electron chi connectivity index (χ2n) is 6.79. The molecule has 1 rings (SSSR count). The maximum Gasteiger partial charge on any atom is 0.338 e. The topological polar surface area (TPSA) is 38.8 Å². The van der Waals surface area contributed by atoms with Crippen molar-refractivity contribution in [2.75, 3.05) is 19.0 Å². The van der Waals surface area contributed by atoms with E-state index >= 15 is 0 Å². The maximum absolute atomic E-state index is 12.3. The molecule has 0 saturated carbocycles. The minimum atomic E-state index is -0.564. The lowest BCUT2D eigenvalue weighted by molar-refractivity contribution is -0.0508. The summed E-state index contributed by atoms with van der Waals surface area (Å²) in [6, 6.07) is 7.41. The van der Waals surface area contributed by atoms with Gasteiger partial charge in [0.1, 0.15) is 5.60 Å². The molecular formula is C18H29NO3. The number of esters is 1. The minimum Gasteiger partial charge on any atom is -0.456 e. The molecule has 0 aliphatic carbocycles. The van der Waals surface area contributed by atoms with Gasteiger partial charge in [-0.05, 0) is 58.9 Å². The Bertz CT molecular complexity index is 478. The van der Waals surface area contributed by atoms with Gasteiger partial charge in [-0.3, -0.25) is 0 Å². The summed E-state index contributed by atoms with van der Waals surface area (Å²) < 4.78 is 11.4. The van der Waals surface area contributed by atoms with E-state index in [1.54, 1.807) is 12.1 Å². The summed E-state index contributed by atoms with van der Waals surface area (Å²) >= 11 is 0. The molecule has 0 N–H and O–H groups in total. The van der Waals surface area contributed by atoms with Crippen LogP contribution in [0, 0.1) is 0 Å². The van der Waals surface area contributed by atoms with Crippen molar-refractivity contribution in [3.8, 4) is 0 Å². The van der Waals surface area contributed by atoms with E-state index in [4.69, 9.17) is 9.47 Å². The molecule has 0 aliphatic rings. The first kappa shape index (κ1) is 18.5. The molecule has 0 amide bonds.